The second kappa shape index (κ2) is 8.11. The smallest absolute Gasteiger partial charge is 0.433 e. The lowest BCUT2D eigenvalue weighted by Crippen LogP contribution is -2.45. The highest BCUT2D eigenvalue weighted by Crippen LogP contribution is 2.33. The van der Waals surface area contributed by atoms with Gasteiger partial charge in [-0.3, -0.25) is 4.79 Å². The zero-order valence-corrected chi connectivity index (χ0v) is 14.8. The summed E-state index contributed by atoms with van der Waals surface area (Å²) < 4.78 is 81.6. The molecule has 2 aromatic rings. The number of carbonyl (C=O) groups is 1. The Balaban J connectivity index is 2.13. The van der Waals surface area contributed by atoms with Crippen LogP contribution in [0.15, 0.2) is 24.7 Å². The fraction of sp³-hybridized carbons (Fsp3) is 0.312. The molecule has 8 nitrogen and oxygen atoms in total. The highest BCUT2D eigenvalue weighted by atomic mass is 19.4. The van der Waals surface area contributed by atoms with Crippen LogP contribution in [0.5, 0.6) is 5.88 Å². The SMILES string of the molecule is C[C@](O)(COc1cc(C(F)(F)F)ncn1)C(=O)Nc1cnc(C#N)c(C(F)(F)F)c1. The third kappa shape index (κ3) is 5.54. The molecule has 0 saturated carbocycles. The Bertz CT molecular complexity index is 985. The van der Waals surface area contributed by atoms with E-state index in [-0.39, 0.29) is 0 Å². The molecule has 0 aromatic carbocycles. The monoisotopic (exact) mass is 435 g/mol. The molecule has 14 heteroatoms. The van der Waals surface area contributed by atoms with E-state index in [4.69, 9.17) is 10.00 Å². The van der Waals surface area contributed by atoms with Crippen molar-refractivity contribution in [3.05, 3.63) is 41.6 Å². The fourth-order valence-corrected chi connectivity index (χ4v) is 1.96. The number of halogens is 6. The van der Waals surface area contributed by atoms with E-state index in [1.165, 1.54) is 6.07 Å². The molecule has 0 bridgehead atoms. The van der Waals surface area contributed by atoms with E-state index in [0.29, 0.717) is 18.5 Å². The topological polar surface area (TPSA) is 121 Å². The van der Waals surface area contributed by atoms with Gasteiger partial charge in [0.15, 0.2) is 17.0 Å². The molecule has 2 rings (SSSR count). The number of nitriles is 1. The number of hydrogen-bond donors (Lipinski definition) is 2. The summed E-state index contributed by atoms with van der Waals surface area (Å²) >= 11 is 0. The normalized spacial score (nSPS) is 13.8. The Hall–Kier alpha value is -3.47. The van der Waals surface area contributed by atoms with Gasteiger partial charge >= 0.3 is 12.4 Å². The molecule has 0 spiro atoms. The van der Waals surface area contributed by atoms with Crippen LogP contribution in [0.3, 0.4) is 0 Å². The number of amides is 1. The molecule has 2 aromatic heterocycles. The van der Waals surface area contributed by atoms with Gasteiger partial charge in [0.2, 0.25) is 5.88 Å². The van der Waals surface area contributed by atoms with E-state index in [2.05, 4.69) is 15.0 Å². The molecule has 0 aliphatic heterocycles. The van der Waals surface area contributed by atoms with Crippen LogP contribution in [0.4, 0.5) is 32.0 Å². The van der Waals surface area contributed by atoms with Crippen molar-refractivity contribution in [1.29, 1.82) is 5.26 Å². The van der Waals surface area contributed by atoms with Crippen molar-refractivity contribution in [3.63, 3.8) is 0 Å². The largest absolute Gasteiger partial charge is 0.474 e. The van der Waals surface area contributed by atoms with Crippen LogP contribution in [-0.2, 0) is 17.1 Å². The van der Waals surface area contributed by atoms with Crippen LogP contribution >= 0.6 is 0 Å². The van der Waals surface area contributed by atoms with Crippen molar-refractivity contribution in [1.82, 2.24) is 15.0 Å². The van der Waals surface area contributed by atoms with Gasteiger partial charge in [-0.2, -0.15) is 31.6 Å². The number of nitrogens with one attached hydrogen (secondary N) is 1. The molecule has 30 heavy (non-hydrogen) atoms. The van der Waals surface area contributed by atoms with E-state index >= 15 is 0 Å². The molecule has 2 N–H and O–H groups in total. The molecule has 0 fully saturated rings. The average Bonchev–Trinajstić information content (AvgIpc) is 2.65. The molecule has 0 saturated heterocycles. The first-order valence-corrected chi connectivity index (χ1v) is 7.77. The number of aliphatic hydroxyl groups is 1. The van der Waals surface area contributed by atoms with Gasteiger partial charge in [0.25, 0.3) is 5.91 Å². The number of rotatable bonds is 5. The zero-order chi connectivity index (χ0) is 22.7. The minimum atomic E-state index is -4.92. The summed E-state index contributed by atoms with van der Waals surface area (Å²) in [7, 11) is 0. The summed E-state index contributed by atoms with van der Waals surface area (Å²) in [6.07, 6.45) is -8.37. The van der Waals surface area contributed by atoms with Crippen LogP contribution < -0.4 is 10.1 Å². The molecule has 1 atom stereocenters. The summed E-state index contributed by atoms with van der Waals surface area (Å²) in [5.41, 5.74) is -6.50. The highest BCUT2D eigenvalue weighted by Gasteiger charge is 2.37. The van der Waals surface area contributed by atoms with Crippen LogP contribution in [0.2, 0.25) is 0 Å². The molecule has 1 amide bonds. The lowest BCUT2D eigenvalue weighted by atomic mass is 10.1. The average molecular weight is 435 g/mol. The van der Waals surface area contributed by atoms with Gasteiger partial charge in [-0.05, 0) is 13.0 Å². The van der Waals surface area contributed by atoms with Crippen LogP contribution in [0.25, 0.3) is 0 Å². The standard InChI is InChI=1S/C16H11F6N5O3/c1-14(29,6-30-12-3-11(16(20,21)22)25-7-26-12)13(28)27-8-2-9(15(17,18)19)10(4-23)24-5-8/h2-3,5,7,29H,6H2,1H3,(H,27,28)/t14-/m0/s1. The van der Waals surface area contributed by atoms with E-state index in [1.54, 1.807) is 0 Å². The molecule has 160 valence electrons. The Labute approximate surface area is 164 Å². The first-order valence-electron chi connectivity index (χ1n) is 7.77. The van der Waals surface area contributed by atoms with Gasteiger partial charge in [0.05, 0.1) is 17.4 Å². The van der Waals surface area contributed by atoms with Crippen molar-refractivity contribution in [2.75, 3.05) is 11.9 Å². The summed E-state index contributed by atoms with van der Waals surface area (Å²) in [5, 5.41) is 20.8. The second-order valence-corrected chi connectivity index (χ2v) is 5.99. The number of ether oxygens (including phenoxy) is 1. The summed E-state index contributed by atoms with van der Waals surface area (Å²) in [6, 6.07) is 2.14. The Morgan fingerprint density at radius 1 is 1.17 bits per heavy atom. The van der Waals surface area contributed by atoms with E-state index in [9.17, 15) is 36.2 Å². The summed E-state index contributed by atoms with van der Waals surface area (Å²) in [4.78, 5) is 21.9. The quantitative estimate of drug-likeness (QED) is 0.693. The molecular weight excluding hydrogens is 424 g/mol. The van der Waals surface area contributed by atoms with Crippen molar-refractivity contribution in [2.45, 2.75) is 24.9 Å². The lowest BCUT2D eigenvalue weighted by Gasteiger charge is -2.22. The van der Waals surface area contributed by atoms with Crippen molar-refractivity contribution < 1.29 is 41.0 Å². The molecule has 0 unspecified atom stereocenters. The lowest BCUT2D eigenvalue weighted by molar-refractivity contribution is -0.141. The minimum absolute atomic E-state index is 0.439. The molecular formula is C16H11F6N5O3. The maximum Gasteiger partial charge on any atom is 0.433 e. The van der Waals surface area contributed by atoms with Gasteiger partial charge < -0.3 is 15.2 Å². The summed E-state index contributed by atoms with van der Waals surface area (Å²) in [6.45, 7) is 0.0267. The zero-order valence-electron chi connectivity index (χ0n) is 14.8. The van der Waals surface area contributed by atoms with Gasteiger partial charge in [-0.1, -0.05) is 0 Å². The molecule has 0 radical (unpaired) electrons. The first-order chi connectivity index (χ1) is 13.7. The maximum atomic E-state index is 12.9. The number of alkyl halides is 6. The minimum Gasteiger partial charge on any atom is -0.474 e. The van der Waals surface area contributed by atoms with Crippen LogP contribution in [0, 0.1) is 11.3 Å². The molecule has 0 aliphatic rings. The molecule has 0 aliphatic carbocycles. The first kappa shape index (κ1) is 22.8. The number of nitrogens with zero attached hydrogens (tertiary/aromatic N) is 4. The fourth-order valence-electron chi connectivity index (χ4n) is 1.96. The Morgan fingerprint density at radius 2 is 1.83 bits per heavy atom. The van der Waals surface area contributed by atoms with Crippen LogP contribution in [0.1, 0.15) is 23.9 Å². The third-order valence-electron chi connectivity index (χ3n) is 3.48. The van der Waals surface area contributed by atoms with E-state index < -0.39 is 59.0 Å². The Kier molecular flexibility index (Phi) is 6.17. The predicted molar refractivity (Wildman–Crippen MR) is 85.7 cm³/mol. The Morgan fingerprint density at radius 3 is 2.40 bits per heavy atom. The van der Waals surface area contributed by atoms with E-state index in [1.807, 2.05) is 5.32 Å². The molecule has 2 heterocycles. The highest BCUT2D eigenvalue weighted by molar-refractivity contribution is 5.97. The number of hydrogen-bond acceptors (Lipinski definition) is 7. The maximum absolute atomic E-state index is 12.9. The van der Waals surface area contributed by atoms with Gasteiger partial charge in [-0.15, -0.1) is 0 Å². The van der Waals surface area contributed by atoms with Crippen LogP contribution in [-0.4, -0.2) is 38.2 Å². The predicted octanol–water partition coefficient (Wildman–Crippen LogP) is 2.55. The number of pyridine rings is 1. The third-order valence-corrected chi connectivity index (χ3v) is 3.48. The van der Waals surface area contributed by atoms with Gasteiger partial charge in [0.1, 0.15) is 19.0 Å². The number of anilines is 1. The number of carbonyl (C=O) groups excluding carboxylic acids is 1. The summed E-state index contributed by atoms with van der Waals surface area (Å²) in [5.74, 6) is -1.84. The second-order valence-electron chi connectivity index (χ2n) is 5.99. The van der Waals surface area contributed by atoms with Gasteiger partial charge in [0, 0.05) is 6.07 Å². The van der Waals surface area contributed by atoms with E-state index in [0.717, 1.165) is 13.1 Å². The van der Waals surface area contributed by atoms with Crippen molar-refractivity contribution in [3.8, 4) is 11.9 Å². The number of aromatic nitrogens is 3. The van der Waals surface area contributed by atoms with Crippen molar-refractivity contribution >= 4 is 11.6 Å². The van der Waals surface area contributed by atoms with Crippen molar-refractivity contribution in [2.24, 2.45) is 0 Å². The van der Waals surface area contributed by atoms with Gasteiger partial charge in [-0.25, -0.2) is 15.0 Å².